The van der Waals surface area contributed by atoms with Crippen LogP contribution < -0.4 is 5.32 Å². The molecule has 0 saturated heterocycles. The number of carbonyl (C=O) groups excluding carboxylic acids is 1. The molecule has 0 aromatic carbocycles. The van der Waals surface area contributed by atoms with Gasteiger partial charge in [-0.2, -0.15) is 5.26 Å². The lowest BCUT2D eigenvalue weighted by Crippen LogP contribution is -2.51. The third-order valence-corrected chi connectivity index (χ3v) is 5.50. The van der Waals surface area contributed by atoms with Gasteiger partial charge in [-0.15, -0.1) is 0 Å². The maximum absolute atomic E-state index is 12.4. The van der Waals surface area contributed by atoms with Crippen LogP contribution in [0.15, 0.2) is 0 Å². The summed E-state index contributed by atoms with van der Waals surface area (Å²) in [5.41, 5.74) is -0.578. The first kappa shape index (κ1) is 15.4. The molecule has 1 N–H and O–H groups in total. The van der Waals surface area contributed by atoms with Crippen LogP contribution in [0, 0.1) is 29.1 Å². The lowest BCUT2D eigenvalue weighted by molar-refractivity contribution is -0.128. The van der Waals surface area contributed by atoms with E-state index in [1.165, 1.54) is 6.42 Å². The normalized spacial score (nSPS) is 38.0. The van der Waals surface area contributed by atoms with Gasteiger partial charge in [0.15, 0.2) is 0 Å². The van der Waals surface area contributed by atoms with Gasteiger partial charge >= 0.3 is 0 Å². The molecule has 0 radical (unpaired) electrons. The highest BCUT2D eigenvalue weighted by atomic mass is 16.2. The van der Waals surface area contributed by atoms with E-state index in [4.69, 9.17) is 0 Å². The number of nitrogens with one attached hydrogen (secondary N) is 1. The minimum Gasteiger partial charge on any atom is -0.338 e. The van der Waals surface area contributed by atoms with Crippen molar-refractivity contribution in [3.05, 3.63) is 0 Å². The molecule has 2 aliphatic carbocycles. The molecule has 0 unspecified atom stereocenters. The van der Waals surface area contributed by atoms with Crippen molar-refractivity contribution < 1.29 is 4.79 Å². The largest absolute Gasteiger partial charge is 0.338 e. The number of nitriles is 1. The molecule has 0 aromatic rings. The molecule has 3 heteroatoms. The summed E-state index contributed by atoms with van der Waals surface area (Å²) in [6.45, 7) is 4.47. The molecule has 0 spiro atoms. The van der Waals surface area contributed by atoms with Crippen LogP contribution in [0.5, 0.6) is 0 Å². The molecule has 0 aromatic heterocycles. The molecule has 0 atom stereocenters. The summed E-state index contributed by atoms with van der Waals surface area (Å²) in [6, 6.07) is 2.41. The van der Waals surface area contributed by atoms with E-state index in [1.807, 2.05) is 0 Å². The predicted octanol–water partition coefficient (Wildman–Crippen LogP) is 3.79. The number of rotatable bonds is 3. The fourth-order valence-electron chi connectivity index (χ4n) is 3.70. The monoisotopic (exact) mass is 276 g/mol. The molecule has 0 bridgehead atoms. The Morgan fingerprint density at radius 2 is 1.80 bits per heavy atom. The Morgan fingerprint density at radius 3 is 2.30 bits per heavy atom. The van der Waals surface area contributed by atoms with Gasteiger partial charge in [0.05, 0.1) is 6.07 Å². The number of hydrogen-bond donors (Lipinski definition) is 1. The maximum Gasteiger partial charge on any atom is 0.224 e. The van der Waals surface area contributed by atoms with Crippen LogP contribution >= 0.6 is 0 Å². The molecular formula is C17H28N2O. The highest BCUT2D eigenvalue weighted by Gasteiger charge is 2.38. The van der Waals surface area contributed by atoms with E-state index in [-0.39, 0.29) is 11.8 Å². The third kappa shape index (κ3) is 3.53. The minimum atomic E-state index is -0.578. The second-order valence-electron chi connectivity index (χ2n) is 6.99. The van der Waals surface area contributed by atoms with Gasteiger partial charge in [0.1, 0.15) is 5.54 Å². The molecule has 112 valence electrons. The van der Waals surface area contributed by atoms with Gasteiger partial charge in [0.2, 0.25) is 5.91 Å². The fourth-order valence-corrected chi connectivity index (χ4v) is 3.70. The Bertz CT molecular complexity index is 369. The van der Waals surface area contributed by atoms with Crippen molar-refractivity contribution >= 4 is 5.91 Å². The highest BCUT2D eigenvalue weighted by Crippen LogP contribution is 2.35. The van der Waals surface area contributed by atoms with E-state index in [2.05, 4.69) is 25.2 Å². The Kier molecular flexibility index (Phi) is 5.07. The second-order valence-corrected chi connectivity index (χ2v) is 6.99. The molecule has 2 saturated carbocycles. The molecule has 20 heavy (non-hydrogen) atoms. The van der Waals surface area contributed by atoms with E-state index in [0.717, 1.165) is 63.2 Å². The lowest BCUT2D eigenvalue weighted by Gasteiger charge is -2.37. The SMILES string of the molecule is CCC1CCC(C#N)(NC(=O)C2CCC(C)CC2)CC1. The first-order valence-corrected chi connectivity index (χ1v) is 8.32. The summed E-state index contributed by atoms with van der Waals surface area (Å²) < 4.78 is 0. The van der Waals surface area contributed by atoms with Gasteiger partial charge < -0.3 is 5.32 Å². The summed E-state index contributed by atoms with van der Waals surface area (Å²) in [7, 11) is 0. The van der Waals surface area contributed by atoms with Crippen molar-refractivity contribution in [1.29, 1.82) is 5.26 Å². The van der Waals surface area contributed by atoms with Crippen molar-refractivity contribution in [2.45, 2.75) is 77.2 Å². The smallest absolute Gasteiger partial charge is 0.224 e. The number of amides is 1. The highest BCUT2D eigenvalue weighted by molar-refractivity contribution is 5.80. The molecule has 2 aliphatic rings. The van der Waals surface area contributed by atoms with Crippen molar-refractivity contribution in [3.8, 4) is 6.07 Å². The van der Waals surface area contributed by atoms with Crippen molar-refractivity contribution in [2.24, 2.45) is 17.8 Å². The van der Waals surface area contributed by atoms with Crippen LogP contribution in [0.25, 0.3) is 0 Å². The summed E-state index contributed by atoms with van der Waals surface area (Å²) >= 11 is 0. The van der Waals surface area contributed by atoms with Gasteiger partial charge in [0, 0.05) is 5.92 Å². The van der Waals surface area contributed by atoms with Gasteiger partial charge in [-0.25, -0.2) is 0 Å². The van der Waals surface area contributed by atoms with Crippen LogP contribution in [0.4, 0.5) is 0 Å². The lowest BCUT2D eigenvalue weighted by atomic mass is 9.75. The van der Waals surface area contributed by atoms with Gasteiger partial charge in [-0.1, -0.05) is 20.3 Å². The third-order valence-electron chi connectivity index (χ3n) is 5.50. The second kappa shape index (κ2) is 6.61. The Balaban J connectivity index is 1.90. The van der Waals surface area contributed by atoms with E-state index in [0.29, 0.717) is 0 Å². The molecule has 3 nitrogen and oxygen atoms in total. The molecule has 0 aliphatic heterocycles. The minimum absolute atomic E-state index is 0.133. The summed E-state index contributed by atoms with van der Waals surface area (Å²) in [6.07, 6.45) is 9.28. The zero-order valence-corrected chi connectivity index (χ0v) is 13.0. The maximum atomic E-state index is 12.4. The summed E-state index contributed by atoms with van der Waals surface area (Å²) in [5.74, 6) is 1.77. The zero-order chi connectivity index (χ0) is 14.6. The van der Waals surface area contributed by atoms with E-state index in [1.54, 1.807) is 0 Å². The van der Waals surface area contributed by atoms with Crippen LogP contribution in [0.3, 0.4) is 0 Å². The summed E-state index contributed by atoms with van der Waals surface area (Å²) in [5, 5.41) is 12.6. The van der Waals surface area contributed by atoms with Gasteiger partial charge in [-0.3, -0.25) is 4.79 Å². The Morgan fingerprint density at radius 1 is 1.20 bits per heavy atom. The summed E-state index contributed by atoms with van der Waals surface area (Å²) in [4.78, 5) is 12.4. The van der Waals surface area contributed by atoms with Crippen molar-refractivity contribution in [2.75, 3.05) is 0 Å². The van der Waals surface area contributed by atoms with Crippen molar-refractivity contribution in [3.63, 3.8) is 0 Å². The molecular weight excluding hydrogens is 248 g/mol. The molecule has 2 rings (SSSR count). The molecule has 2 fully saturated rings. The average molecular weight is 276 g/mol. The van der Waals surface area contributed by atoms with E-state index < -0.39 is 5.54 Å². The first-order valence-electron chi connectivity index (χ1n) is 8.32. The molecule has 0 heterocycles. The molecule has 1 amide bonds. The van der Waals surface area contributed by atoms with Crippen molar-refractivity contribution in [1.82, 2.24) is 5.32 Å². The van der Waals surface area contributed by atoms with E-state index >= 15 is 0 Å². The fraction of sp³-hybridized carbons (Fsp3) is 0.882. The Labute approximate surface area is 123 Å². The topological polar surface area (TPSA) is 52.9 Å². The number of carbonyl (C=O) groups is 1. The van der Waals surface area contributed by atoms with Crippen LogP contribution in [-0.4, -0.2) is 11.4 Å². The van der Waals surface area contributed by atoms with Gasteiger partial charge in [-0.05, 0) is 63.2 Å². The first-order chi connectivity index (χ1) is 9.58. The standard InChI is InChI=1S/C17H28N2O/c1-3-14-8-10-17(12-18,11-9-14)19-16(20)15-6-4-13(2)5-7-15/h13-15H,3-11H2,1-2H3,(H,19,20). The Hall–Kier alpha value is -1.04. The van der Waals surface area contributed by atoms with Gasteiger partial charge in [0.25, 0.3) is 0 Å². The number of hydrogen-bond acceptors (Lipinski definition) is 2. The average Bonchev–Trinajstić information content (AvgIpc) is 2.48. The van der Waals surface area contributed by atoms with E-state index in [9.17, 15) is 10.1 Å². The van der Waals surface area contributed by atoms with Crippen LogP contribution in [0.1, 0.15) is 71.6 Å². The quantitative estimate of drug-likeness (QED) is 0.852. The predicted molar refractivity (Wildman–Crippen MR) is 79.9 cm³/mol. The van der Waals surface area contributed by atoms with Crippen LogP contribution in [0.2, 0.25) is 0 Å². The zero-order valence-electron chi connectivity index (χ0n) is 13.0. The number of nitrogens with zero attached hydrogens (tertiary/aromatic N) is 1. The van der Waals surface area contributed by atoms with Crippen LogP contribution in [-0.2, 0) is 4.79 Å².